The van der Waals surface area contributed by atoms with Gasteiger partial charge in [-0.25, -0.2) is 4.39 Å². The van der Waals surface area contributed by atoms with Gasteiger partial charge < -0.3 is 4.74 Å². The van der Waals surface area contributed by atoms with E-state index < -0.39 is 17.7 Å². The molecule has 0 saturated heterocycles. The Morgan fingerprint density at radius 3 is 2.45 bits per heavy atom. The van der Waals surface area contributed by atoms with E-state index in [0.29, 0.717) is 16.1 Å². The molecular weight excluding hydrogens is 307 g/mol. The van der Waals surface area contributed by atoms with Crippen molar-refractivity contribution in [2.75, 3.05) is 7.11 Å². The quantitative estimate of drug-likeness (QED) is 0.617. The molecule has 0 aromatic heterocycles. The second kappa shape index (κ2) is 7.18. The lowest BCUT2D eigenvalue weighted by Crippen LogP contribution is -2.18. The van der Waals surface area contributed by atoms with Crippen molar-refractivity contribution in [2.24, 2.45) is 0 Å². The maximum Gasteiger partial charge on any atom is 0.313 e. The van der Waals surface area contributed by atoms with Gasteiger partial charge in [0.25, 0.3) is 0 Å². The molecule has 0 amide bonds. The number of esters is 1. The van der Waals surface area contributed by atoms with Crippen molar-refractivity contribution in [1.82, 2.24) is 0 Å². The van der Waals surface area contributed by atoms with E-state index in [2.05, 4.69) is 0 Å². The Morgan fingerprint density at radius 2 is 1.86 bits per heavy atom. The maximum atomic E-state index is 13.3. The fourth-order valence-electron chi connectivity index (χ4n) is 2.14. The first-order chi connectivity index (χ1) is 10.5. The predicted octanol–water partition coefficient (Wildman–Crippen LogP) is 4.01. The van der Waals surface area contributed by atoms with Crippen LogP contribution in [0.3, 0.4) is 0 Å². The average Bonchev–Trinajstić information content (AvgIpc) is 2.52. The van der Waals surface area contributed by atoms with Crippen molar-refractivity contribution in [3.63, 3.8) is 0 Å². The standard InChI is InChI=1S/C17H14ClFO3/c1-22-17(21)15(12-3-2-4-14(19)9-12)10-16(20)11-5-7-13(18)8-6-11/h2-9,15H,10H2,1H3. The van der Waals surface area contributed by atoms with Crippen LogP contribution >= 0.6 is 11.6 Å². The van der Waals surface area contributed by atoms with Gasteiger partial charge in [-0.1, -0.05) is 23.7 Å². The number of ketones is 1. The molecule has 0 bridgehead atoms. The molecule has 114 valence electrons. The summed E-state index contributed by atoms with van der Waals surface area (Å²) in [6.45, 7) is 0. The van der Waals surface area contributed by atoms with E-state index in [1.165, 1.54) is 25.3 Å². The minimum absolute atomic E-state index is 0.0994. The normalized spacial score (nSPS) is 11.8. The molecule has 2 rings (SSSR count). The van der Waals surface area contributed by atoms with Crippen LogP contribution in [0.15, 0.2) is 48.5 Å². The number of rotatable bonds is 5. The highest BCUT2D eigenvalue weighted by molar-refractivity contribution is 6.30. The number of hydrogen-bond acceptors (Lipinski definition) is 3. The van der Waals surface area contributed by atoms with E-state index in [9.17, 15) is 14.0 Å². The Balaban J connectivity index is 2.25. The highest BCUT2D eigenvalue weighted by Gasteiger charge is 2.25. The Bertz CT molecular complexity index is 683. The van der Waals surface area contributed by atoms with Gasteiger partial charge in [-0.3, -0.25) is 9.59 Å². The van der Waals surface area contributed by atoms with Crippen LogP contribution in [0.25, 0.3) is 0 Å². The number of hydrogen-bond donors (Lipinski definition) is 0. The third kappa shape index (κ3) is 3.92. The van der Waals surface area contributed by atoms with Gasteiger partial charge in [0.1, 0.15) is 5.82 Å². The topological polar surface area (TPSA) is 43.4 Å². The first-order valence-electron chi connectivity index (χ1n) is 6.63. The summed E-state index contributed by atoms with van der Waals surface area (Å²) in [5, 5.41) is 0.520. The van der Waals surface area contributed by atoms with Gasteiger partial charge in [0, 0.05) is 17.0 Å². The number of halogens is 2. The zero-order valence-corrected chi connectivity index (χ0v) is 12.6. The molecule has 1 unspecified atom stereocenters. The lowest BCUT2D eigenvalue weighted by atomic mass is 9.91. The van der Waals surface area contributed by atoms with Gasteiger partial charge in [0.15, 0.2) is 5.78 Å². The van der Waals surface area contributed by atoms with Crippen LogP contribution in [0.2, 0.25) is 5.02 Å². The third-order valence-corrected chi connectivity index (χ3v) is 3.54. The van der Waals surface area contributed by atoms with Gasteiger partial charge in [-0.2, -0.15) is 0 Å². The number of methoxy groups -OCH3 is 1. The van der Waals surface area contributed by atoms with Gasteiger partial charge in [0.05, 0.1) is 13.0 Å². The second-order valence-corrected chi connectivity index (χ2v) is 5.20. The minimum Gasteiger partial charge on any atom is -0.469 e. The Hall–Kier alpha value is -2.20. The van der Waals surface area contributed by atoms with Gasteiger partial charge in [-0.05, 0) is 42.0 Å². The summed E-state index contributed by atoms with van der Waals surface area (Å²) < 4.78 is 18.1. The van der Waals surface area contributed by atoms with Crippen LogP contribution in [0.5, 0.6) is 0 Å². The second-order valence-electron chi connectivity index (χ2n) is 4.76. The van der Waals surface area contributed by atoms with Gasteiger partial charge in [0.2, 0.25) is 0 Å². The molecule has 22 heavy (non-hydrogen) atoms. The third-order valence-electron chi connectivity index (χ3n) is 3.29. The molecule has 5 heteroatoms. The Labute approximate surface area is 132 Å². The van der Waals surface area contributed by atoms with Gasteiger partial charge in [-0.15, -0.1) is 0 Å². The van der Waals surface area contributed by atoms with Crippen LogP contribution in [0, 0.1) is 5.82 Å². The molecule has 0 saturated carbocycles. The summed E-state index contributed by atoms with van der Waals surface area (Å²) in [5.74, 6) is -2.13. The van der Waals surface area contributed by atoms with E-state index in [1.807, 2.05) is 0 Å². The van der Waals surface area contributed by atoms with Crippen molar-refractivity contribution < 1.29 is 18.7 Å². The highest BCUT2D eigenvalue weighted by atomic mass is 35.5. The predicted molar refractivity (Wildman–Crippen MR) is 81.6 cm³/mol. The molecule has 2 aromatic rings. The largest absolute Gasteiger partial charge is 0.469 e. The molecule has 0 spiro atoms. The lowest BCUT2D eigenvalue weighted by molar-refractivity contribution is -0.142. The van der Waals surface area contributed by atoms with E-state index >= 15 is 0 Å². The molecule has 0 aliphatic carbocycles. The number of ether oxygens (including phenoxy) is 1. The number of carbonyl (C=O) groups is 2. The van der Waals surface area contributed by atoms with E-state index in [1.54, 1.807) is 30.3 Å². The van der Waals surface area contributed by atoms with Crippen molar-refractivity contribution in [3.05, 3.63) is 70.5 Å². The number of carbonyl (C=O) groups excluding carboxylic acids is 2. The molecular formula is C17H14ClFO3. The first-order valence-corrected chi connectivity index (χ1v) is 7.01. The molecule has 0 aliphatic heterocycles. The van der Waals surface area contributed by atoms with Crippen LogP contribution < -0.4 is 0 Å². The van der Waals surface area contributed by atoms with E-state index in [4.69, 9.17) is 16.3 Å². The monoisotopic (exact) mass is 320 g/mol. The molecule has 0 heterocycles. The first kappa shape index (κ1) is 16.2. The van der Waals surface area contributed by atoms with E-state index in [0.717, 1.165) is 0 Å². The lowest BCUT2D eigenvalue weighted by Gasteiger charge is -2.14. The van der Waals surface area contributed by atoms with Crippen molar-refractivity contribution >= 4 is 23.4 Å². The van der Waals surface area contributed by atoms with Crippen LogP contribution in [-0.4, -0.2) is 18.9 Å². The van der Waals surface area contributed by atoms with Crippen molar-refractivity contribution in [1.29, 1.82) is 0 Å². The zero-order valence-electron chi connectivity index (χ0n) is 11.9. The van der Waals surface area contributed by atoms with Crippen LogP contribution in [0.1, 0.15) is 28.3 Å². The summed E-state index contributed by atoms with van der Waals surface area (Å²) in [4.78, 5) is 24.2. The molecule has 3 nitrogen and oxygen atoms in total. The molecule has 0 N–H and O–H groups in total. The smallest absolute Gasteiger partial charge is 0.313 e. The maximum absolute atomic E-state index is 13.3. The molecule has 0 fully saturated rings. The Morgan fingerprint density at radius 1 is 1.18 bits per heavy atom. The molecule has 1 atom stereocenters. The zero-order chi connectivity index (χ0) is 16.1. The van der Waals surface area contributed by atoms with Crippen molar-refractivity contribution in [3.8, 4) is 0 Å². The van der Waals surface area contributed by atoms with Crippen LogP contribution in [-0.2, 0) is 9.53 Å². The molecule has 2 aromatic carbocycles. The minimum atomic E-state index is -0.844. The number of benzene rings is 2. The fraction of sp³-hybridized carbons (Fsp3) is 0.176. The highest BCUT2D eigenvalue weighted by Crippen LogP contribution is 2.24. The Kier molecular flexibility index (Phi) is 5.28. The summed E-state index contributed by atoms with van der Waals surface area (Å²) in [5.41, 5.74) is 0.851. The summed E-state index contributed by atoms with van der Waals surface area (Å²) in [7, 11) is 1.24. The SMILES string of the molecule is COC(=O)C(CC(=O)c1ccc(Cl)cc1)c1cccc(F)c1. The van der Waals surface area contributed by atoms with E-state index in [-0.39, 0.29) is 12.2 Å². The van der Waals surface area contributed by atoms with Gasteiger partial charge >= 0.3 is 5.97 Å². The molecule has 0 aliphatic rings. The van der Waals surface area contributed by atoms with Crippen molar-refractivity contribution in [2.45, 2.75) is 12.3 Å². The summed E-state index contributed by atoms with van der Waals surface area (Å²) in [6, 6.07) is 12.0. The number of Topliss-reactive ketones (excluding diaryl/α,β-unsaturated/α-hetero) is 1. The average molecular weight is 321 g/mol. The summed E-state index contributed by atoms with van der Waals surface area (Å²) in [6.07, 6.45) is -0.0994. The fourth-order valence-corrected chi connectivity index (χ4v) is 2.27. The summed E-state index contributed by atoms with van der Waals surface area (Å²) >= 11 is 5.78. The molecule has 0 radical (unpaired) electrons. The van der Waals surface area contributed by atoms with Crippen LogP contribution in [0.4, 0.5) is 4.39 Å².